The zero-order valence-corrected chi connectivity index (χ0v) is 7.35. The Morgan fingerprint density at radius 3 is 2.80 bits per heavy atom. The number of benzene rings is 1. The number of urea groups is 1. The summed E-state index contributed by atoms with van der Waals surface area (Å²) in [4.78, 5) is 11.1. The summed E-state index contributed by atoms with van der Waals surface area (Å²) in [7, 11) is 0. The normalized spacial score (nSPS) is 14.7. The van der Waals surface area contributed by atoms with Crippen LogP contribution in [0.2, 0.25) is 0 Å². The lowest BCUT2D eigenvalue weighted by Gasteiger charge is -2.09. The van der Waals surface area contributed by atoms with Crippen molar-refractivity contribution in [1.82, 2.24) is 5.32 Å². The molecule has 2 amide bonds. The summed E-state index contributed by atoms with van der Waals surface area (Å²) in [5.74, 6) is 0. The number of hydrogen-bond donors (Lipinski definition) is 2. The van der Waals surface area contributed by atoms with Gasteiger partial charge in [-0.15, -0.1) is 0 Å². The fraction of sp³-hybridized carbons (Fsp3) is 0.222. The van der Waals surface area contributed by atoms with Gasteiger partial charge in [-0.25, -0.2) is 4.79 Å². The zero-order valence-electron chi connectivity index (χ0n) is 10.4. The van der Waals surface area contributed by atoms with Crippen LogP contribution in [0, 0.1) is 0 Å². The van der Waals surface area contributed by atoms with Gasteiger partial charge in [-0.2, -0.15) is 13.2 Å². The Labute approximate surface area is 88.5 Å². The lowest BCUT2D eigenvalue weighted by Crippen LogP contribution is -2.24. The van der Waals surface area contributed by atoms with Gasteiger partial charge in [0.25, 0.3) is 0 Å². The number of rotatable bonds is 1. The van der Waals surface area contributed by atoms with E-state index in [1.807, 2.05) is 5.32 Å². The topological polar surface area (TPSA) is 41.1 Å². The van der Waals surface area contributed by atoms with E-state index in [2.05, 4.69) is 0 Å². The van der Waals surface area contributed by atoms with Crippen molar-refractivity contribution in [3.8, 4) is 0 Å². The Balaban J connectivity index is 2.77. The Bertz CT molecular complexity index is 445. The van der Waals surface area contributed by atoms with Crippen LogP contribution in [0.3, 0.4) is 0 Å². The van der Waals surface area contributed by atoms with E-state index in [0.29, 0.717) is 6.07 Å². The summed E-state index contributed by atoms with van der Waals surface area (Å²) >= 11 is 0. The van der Waals surface area contributed by atoms with E-state index in [1.165, 1.54) is 6.07 Å². The van der Waals surface area contributed by atoms with Crippen LogP contribution in [-0.4, -0.2) is 13.0 Å². The van der Waals surface area contributed by atoms with E-state index in [1.54, 1.807) is 5.32 Å². The Morgan fingerprint density at radius 2 is 2.20 bits per heavy atom. The monoisotopic (exact) mass is 221 g/mol. The number of halogens is 3. The molecular weight excluding hydrogens is 209 g/mol. The van der Waals surface area contributed by atoms with Gasteiger partial charge in [0.15, 0.2) is 0 Å². The first kappa shape index (κ1) is 7.56. The Morgan fingerprint density at radius 1 is 1.47 bits per heavy atom. The van der Waals surface area contributed by atoms with Gasteiger partial charge in [0.2, 0.25) is 0 Å². The van der Waals surface area contributed by atoms with Crippen LogP contribution in [0.5, 0.6) is 0 Å². The molecule has 0 fully saturated rings. The smallest absolute Gasteiger partial charge is 0.341 e. The van der Waals surface area contributed by atoms with Crippen molar-refractivity contribution in [1.29, 1.82) is 0 Å². The van der Waals surface area contributed by atoms with Gasteiger partial charge < -0.3 is 10.6 Å². The van der Waals surface area contributed by atoms with Crippen molar-refractivity contribution in [3.05, 3.63) is 29.8 Å². The molecule has 0 aliphatic rings. The van der Waals surface area contributed by atoms with E-state index < -0.39 is 24.7 Å². The second-order valence-corrected chi connectivity index (χ2v) is 2.66. The number of anilines is 1. The highest BCUT2D eigenvalue weighted by atomic mass is 19.4. The van der Waals surface area contributed by atoms with Crippen LogP contribution in [0.4, 0.5) is 23.7 Å². The molecule has 1 rings (SSSR count). The fourth-order valence-corrected chi connectivity index (χ4v) is 0.936. The maximum atomic E-state index is 12.4. The van der Waals surface area contributed by atoms with Crippen molar-refractivity contribution in [3.63, 3.8) is 0 Å². The largest absolute Gasteiger partial charge is 0.416 e. The predicted molar refractivity (Wildman–Crippen MR) is 49.5 cm³/mol. The molecule has 2 N–H and O–H groups in total. The van der Waals surface area contributed by atoms with E-state index in [4.69, 9.17) is 4.11 Å². The molecule has 0 radical (unpaired) electrons. The molecule has 0 heterocycles. The second kappa shape index (κ2) is 4.20. The SMILES string of the molecule is [2H]C([2H])([2H])NC(=O)Nc1cccc(C(F)(F)F)c1. The zero-order chi connectivity index (χ0) is 14.0. The van der Waals surface area contributed by atoms with E-state index in [0.717, 1.165) is 12.1 Å². The molecule has 0 aliphatic carbocycles. The summed E-state index contributed by atoms with van der Waals surface area (Å²) in [6.45, 7) is -2.70. The summed E-state index contributed by atoms with van der Waals surface area (Å²) < 4.78 is 57.3. The van der Waals surface area contributed by atoms with E-state index >= 15 is 0 Å². The molecule has 0 saturated heterocycles. The van der Waals surface area contributed by atoms with Crippen LogP contribution >= 0.6 is 0 Å². The third-order valence-corrected chi connectivity index (χ3v) is 1.56. The highest BCUT2D eigenvalue weighted by Gasteiger charge is 2.30. The summed E-state index contributed by atoms with van der Waals surface area (Å²) in [6, 6.07) is 2.77. The molecule has 15 heavy (non-hydrogen) atoms. The van der Waals surface area contributed by atoms with Gasteiger partial charge in [-0.1, -0.05) is 6.07 Å². The van der Waals surface area contributed by atoms with Crippen LogP contribution < -0.4 is 10.6 Å². The number of nitrogens with one attached hydrogen (secondary N) is 2. The minimum absolute atomic E-state index is 0.147. The molecule has 3 nitrogen and oxygen atoms in total. The molecule has 0 unspecified atom stereocenters. The lowest BCUT2D eigenvalue weighted by molar-refractivity contribution is -0.137. The molecule has 82 valence electrons. The van der Waals surface area contributed by atoms with Crippen LogP contribution in [0.1, 0.15) is 9.68 Å². The first-order valence-corrected chi connectivity index (χ1v) is 3.84. The highest BCUT2D eigenvalue weighted by Crippen LogP contribution is 2.30. The van der Waals surface area contributed by atoms with Gasteiger partial charge >= 0.3 is 12.2 Å². The molecule has 1 aromatic carbocycles. The van der Waals surface area contributed by atoms with Crippen LogP contribution in [-0.2, 0) is 6.18 Å². The minimum Gasteiger partial charge on any atom is -0.341 e. The van der Waals surface area contributed by atoms with Crippen molar-refractivity contribution >= 4 is 11.7 Å². The predicted octanol–water partition coefficient (Wildman–Crippen LogP) is 2.46. The lowest BCUT2D eigenvalue weighted by atomic mass is 10.2. The van der Waals surface area contributed by atoms with Gasteiger partial charge in [0, 0.05) is 16.8 Å². The molecule has 1 aromatic rings. The standard InChI is InChI=1S/C9H9F3N2O/c1-13-8(15)14-7-4-2-3-6(5-7)9(10,11)12/h2-5H,1H3,(H2,13,14,15)/i1D3. The molecule has 0 saturated carbocycles. The maximum absolute atomic E-state index is 12.4. The maximum Gasteiger partial charge on any atom is 0.416 e. The number of carbonyl (C=O) groups is 1. The van der Waals surface area contributed by atoms with Gasteiger partial charge in [-0.3, -0.25) is 0 Å². The third-order valence-electron chi connectivity index (χ3n) is 1.56. The van der Waals surface area contributed by atoms with Crippen LogP contribution in [0.15, 0.2) is 24.3 Å². The van der Waals surface area contributed by atoms with Crippen molar-refractivity contribution < 1.29 is 22.1 Å². The Hall–Kier alpha value is -1.72. The van der Waals surface area contributed by atoms with Crippen molar-refractivity contribution in [2.45, 2.75) is 6.18 Å². The van der Waals surface area contributed by atoms with Crippen molar-refractivity contribution in [2.75, 3.05) is 12.3 Å². The molecule has 0 bridgehead atoms. The number of hydrogen-bond acceptors (Lipinski definition) is 1. The van der Waals surface area contributed by atoms with E-state index in [9.17, 15) is 18.0 Å². The molecule has 0 spiro atoms. The summed E-state index contributed by atoms with van der Waals surface area (Å²) in [5, 5.41) is 3.60. The van der Waals surface area contributed by atoms with Gasteiger partial charge in [-0.05, 0) is 18.2 Å². The Kier molecular flexibility index (Phi) is 2.12. The van der Waals surface area contributed by atoms with E-state index in [-0.39, 0.29) is 5.69 Å². The molecule has 0 aliphatic heterocycles. The number of amides is 2. The first-order valence-electron chi connectivity index (χ1n) is 5.34. The molecule has 0 aromatic heterocycles. The van der Waals surface area contributed by atoms with Gasteiger partial charge in [0.1, 0.15) is 0 Å². The van der Waals surface area contributed by atoms with Gasteiger partial charge in [0.05, 0.1) is 5.56 Å². The second-order valence-electron chi connectivity index (χ2n) is 2.66. The minimum atomic E-state index is -4.53. The first-order chi connectivity index (χ1) is 8.08. The summed E-state index contributed by atoms with van der Waals surface area (Å²) in [6.07, 6.45) is -4.53. The average Bonchev–Trinajstić information content (AvgIpc) is 2.13. The van der Waals surface area contributed by atoms with Crippen molar-refractivity contribution in [2.24, 2.45) is 0 Å². The molecule has 6 heteroatoms. The highest BCUT2D eigenvalue weighted by molar-refractivity contribution is 5.89. The average molecular weight is 221 g/mol. The number of alkyl halides is 3. The molecular formula is C9H9F3N2O. The summed E-state index contributed by atoms with van der Waals surface area (Å²) in [5.41, 5.74) is -1.08. The van der Waals surface area contributed by atoms with Crippen LogP contribution in [0.25, 0.3) is 0 Å². The molecule has 0 atom stereocenters. The third kappa shape index (κ3) is 3.16. The number of carbonyl (C=O) groups excluding carboxylic acids is 1. The fourth-order valence-electron chi connectivity index (χ4n) is 0.936. The quantitative estimate of drug-likeness (QED) is 0.751.